The zero-order chi connectivity index (χ0) is 14.2. The van der Waals surface area contributed by atoms with Gasteiger partial charge < -0.3 is 15.7 Å². The quantitative estimate of drug-likeness (QED) is 0.620. The van der Waals surface area contributed by atoms with Gasteiger partial charge in [0, 0.05) is 24.8 Å². The van der Waals surface area contributed by atoms with Crippen molar-refractivity contribution in [2.24, 2.45) is 5.73 Å². The fourth-order valence-electron chi connectivity index (χ4n) is 2.37. The summed E-state index contributed by atoms with van der Waals surface area (Å²) < 4.78 is 0. The lowest BCUT2D eigenvalue weighted by Crippen LogP contribution is -2.50. The molecule has 0 bridgehead atoms. The lowest BCUT2D eigenvalue weighted by molar-refractivity contribution is -0.385. The van der Waals surface area contributed by atoms with Gasteiger partial charge in [-0.2, -0.15) is 0 Å². The summed E-state index contributed by atoms with van der Waals surface area (Å²) in [7, 11) is 0. The molecular weight excluding hydrogens is 250 g/mol. The van der Waals surface area contributed by atoms with E-state index in [9.17, 15) is 14.9 Å². The van der Waals surface area contributed by atoms with Crippen molar-refractivity contribution in [3.8, 4) is 0 Å². The molecular formula is C12H15N3O4. The average molecular weight is 265 g/mol. The van der Waals surface area contributed by atoms with E-state index in [4.69, 9.17) is 10.8 Å². The summed E-state index contributed by atoms with van der Waals surface area (Å²) in [6.45, 7) is 2.29. The Balaban J connectivity index is 2.33. The third kappa shape index (κ3) is 2.24. The van der Waals surface area contributed by atoms with Gasteiger partial charge in [0.05, 0.1) is 10.5 Å². The molecule has 0 spiro atoms. The second-order valence-electron chi connectivity index (χ2n) is 4.81. The highest BCUT2D eigenvalue weighted by Crippen LogP contribution is 2.32. The van der Waals surface area contributed by atoms with Crippen molar-refractivity contribution in [3.63, 3.8) is 0 Å². The van der Waals surface area contributed by atoms with Crippen molar-refractivity contribution in [2.75, 3.05) is 18.0 Å². The molecule has 7 heteroatoms. The molecule has 19 heavy (non-hydrogen) atoms. The van der Waals surface area contributed by atoms with Crippen LogP contribution in [-0.4, -0.2) is 34.6 Å². The largest absolute Gasteiger partial charge is 0.480 e. The van der Waals surface area contributed by atoms with Crippen molar-refractivity contribution in [3.05, 3.63) is 33.9 Å². The number of hydrogen-bond donors (Lipinski definition) is 2. The first kappa shape index (κ1) is 13.3. The fourth-order valence-corrected chi connectivity index (χ4v) is 2.37. The van der Waals surface area contributed by atoms with Crippen molar-refractivity contribution >= 4 is 17.3 Å². The molecule has 2 rings (SSSR count). The predicted octanol–water partition coefficient (Wildman–Crippen LogP) is 0.895. The first-order valence-electron chi connectivity index (χ1n) is 5.86. The van der Waals surface area contributed by atoms with Gasteiger partial charge in [-0.25, -0.2) is 0 Å². The Hall–Kier alpha value is -2.15. The zero-order valence-electron chi connectivity index (χ0n) is 10.5. The fraction of sp³-hybridized carbons (Fsp3) is 0.417. The normalized spacial score (nSPS) is 22.5. The molecule has 0 amide bonds. The maximum absolute atomic E-state index is 11.1. The number of carboxylic acid groups (broad SMARTS) is 1. The predicted molar refractivity (Wildman–Crippen MR) is 69.2 cm³/mol. The molecule has 1 saturated heterocycles. The smallest absolute Gasteiger partial charge is 0.325 e. The second-order valence-corrected chi connectivity index (χ2v) is 4.81. The van der Waals surface area contributed by atoms with Crippen molar-refractivity contribution in [1.82, 2.24) is 0 Å². The zero-order valence-corrected chi connectivity index (χ0v) is 10.5. The van der Waals surface area contributed by atoms with Crippen molar-refractivity contribution in [1.29, 1.82) is 0 Å². The molecule has 1 aliphatic rings. The Bertz CT molecular complexity index is 546. The van der Waals surface area contributed by atoms with E-state index in [0.29, 0.717) is 24.2 Å². The molecule has 7 nitrogen and oxygen atoms in total. The number of aliphatic carboxylic acids is 1. The molecule has 1 heterocycles. The summed E-state index contributed by atoms with van der Waals surface area (Å²) in [6.07, 6.45) is 0.324. The Morgan fingerprint density at radius 1 is 1.58 bits per heavy atom. The lowest BCUT2D eigenvalue weighted by Gasteiger charge is -2.23. The summed E-state index contributed by atoms with van der Waals surface area (Å²) in [5, 5.41) is 20.0. The summed E-state index contributed by atoms with van der Waals surface area (Å²) in [5.74, 6) is -1.04. The Kier molecular flexibility index (Phi) is 3.15. The van der Waals surface area contributed by atoms with E-state index in [1.54, 1.807) is 24.0 Å². The van der Waals surface area contributed by atoms with Gasteiger partial charge in [-0.05, 0) is 19.4 Å². The second kappa shape index (κ2) is 4.51. The van der Waals surface area contributed by atoms with Crippen molar-refractivity contribution in [2.45, 2.75) is 18.9 Å². The standard InChI is InChI=1S/C12H15N3O4/c1-8-9(3-2-4-10(8)15(18)19)14-6-5-12(13,7-14)11(16)17/h2-4H,5-7,13H2,1H3,(H,16,17). The van der Waals surface area contributed by atoms with Crippen LogP contribution in [0.5, 0.6) is 0 Å². The molecule has 0 aliphatic carbocycles. The molecule has 1 atom stereocenters. The van der Waals surface area contributed by atoms with E-state index in [-0.39, 0.29) is 12.2 Å². The first-order valence-corrected chi connectivity index (χ1v) is 5.86. The first-order chi connectivity index (χ1) is 8.85. The van der Waals surface area contributed by atoms with Gasteiger partial charge in [-0.15, -0.1) is 0 Å². The van der Waals surface area contributed by atoms with Crippen LogP contribution in [0.25, 0.3) is 0 Å². The molecule has 0 radical (unpaired) electrons. The minimum atomic E-state index is -1.28. The number of nitrogens with zero attached hydrogens (tertiary/aromatic N) is 2. The molecule has 3 N–H and O–H groups in total. The summed E-state index contributed by atoms with van der Waals surface area (Å²) in [5.41, 5.74) is 5.75. The third-order valence-corrected chi connectivity index (χ3v) is 3.54. The molecule has 0 saturated carbocycles. The van der Waals surface area contributed by atoms with Crippen LogP contribution < -0.4 is 10.6 Å². The van der Waals surface area contributed by atoms with Gasteiger partial charge in [0.1, 0.15) is 5.54 Å². The van der Waals surface area contributed by atoms with Gasteiger partial charge in [0.2, 0.25) is 0 Å². The minimum absolute atomic E-state index is 0.0300. The summed E-state index contributed by atoms with van der Waals surface area (Å²) >= 11 is 0. The van der Waals surface area contributed by atoms with Crippen LogP contribution >= 0.6 is 0 Å². The van der Waals surface area contributed by atoms with Gasteiger partial charge in [0.15, 0.2) is 0 Å². The van der Waals surface area contributed by atoms with Gasteiger partial charge in [-0.1, -0.05) is 6.07 Å². The summed E-state index contributed by atoms with van der Waals surface area (Å²) in [4.78, 5) is 23.3. The van der Waals surface area contributed by atoms with Crippen LogP contribution in [0.3, 0.4) is 0 Å². The van der Waals surface area contributed by atoms with Crippen LogP contribution in [0, 0.1) is 17.0 Å². The molecule has 1 aromatic rings. The van der Waals surface area contributed by atoms with Crippen LogP contribution in [0.4, 0.5) is 11.4 Å². The van der Waals surface area contributed by atoms with Crippen LogP contribution in [0.1, 0.15) is 12.0 Å². The van der Waals surface area contributed by atoms with Gasteiger partial charge in [-0.3, -0.25) is 14.9 Å². The molecule has 102 valence electrons. The number of hydrogen-bond acceptors (Lipinski definition) is 5. The van der Waals surface area contributed by atoms with E-state index in [0.717, 1.165) is 0 Å². The van der Waals surface area contributed by atoms with E-state index in [2.05, 4.69) is 0 Å². The number of carbonyl (C=O) groups is 1. The molecule has 1 aromatic carbocycles. The number of nitro benzene ring substituents is 1. The highest BCUT2D eigenvalue weighted by molar-refractivity contribution is 5.81. The van der Waals surface area contributed by atoms with Crippen LogP contribution in [-0.2, 0) is 4.79 Å². The molecule has 1 unspecified atom stereocenters. The van der Waals surface area contributed by atoms with Crippen LogP contribution in [0.2, 0.25) is 0 Å². The third-order valence-electron chi connectivity index (χ3n) is 3.54. The molecule has 1 fully saturated rings. The van der Waals surface area contributed by atoms with Crippen LogP contribution in [0.15, 0.2) is 18.2 Å². The lowest BCUT2D eigenvalue weighted by atomic mass is 10.0. The number of benzene rings is 1. The maximum atomic E-state index is 11.1. The topological polar surface area (TPSA) is 110 Å². The average Bonchev–Trinajstić information content (AvgIpc) is 2.73. The number of carboxylic acids is 1. The monoisotopic (exact) mass is 265 g/mol. The highest BCUT2D eigenvalue weighted by atomic mass is 16.6. The maximum Gasteiger partial charge on any atom is 0.325 e. The Labute approximate surface area is 109 Å². The van der Waals surface area contributed by atoms with E-state index in [1.807, 2.05) is 0 Å². The summed E-state index contributed by atoms with van der Waals surface area (Å²) in [6, 6.07) is 4.77. The Morgan fingerprint density at radius 3 is 2.79 bits per heavy atom. The van der Waals surface area contributed by atoms with Gasteiger partial charge in [0.25, 0.3) is 5.69 Å². The number of nitro groups is 1. The number of anilines is 1. The molecule has 1 aliphatic heterocycles. The SMILES string of the molecule is Cc1c(N2CCC(N)(C(=O)O)C2)cccc1[N+](=O)[O-]. The number of rotatable bonds is 3. The van der Waals surface area contributed by atoms with E-state index < -0.39 is 16.4 Å². The minimum Gasteiger partial charge on any atom is -0.480 e. The molecule has 0 aromatic heterocycles. The van der Waals surface area contributed by atoms with Gasteiger partial charge >= 0.3 is 5.97 Å². The van der Waals surface area contributed by atoms with E-state index in [1.165, 1.54) is 6.07 Å². The number of nitrogens with two attached hydrogens (primary N) is 1. The van der Waals surface area contributed by atoms with E-state index >= 15 is 0 Å². The highest BCUT2D eigenvalue weighted by Gasteiger charge is 2.42. The Morgan fingerprint density at radius 2 is 2.26 bits per heavy atom. The van der Waals surface area contributed by atoms with Crippen molar-refractivity contribution < 1.29 is 14.8 Å².